The minimum absolute atomic E-state index is 0.101. The molecule has 5 heteroatoms. The lowest BCUT2D eigenvalue weighted by atomic mass is 10.2. The van der Waals surface area contributed by atoms with E-state index in [4.69, 9.17) is 0 Å². The molecule has 0 radical (unpaired) electrons. The molecule has 2 aromatic rings. The van der Waals surface area contributed by atoms with E-state index in [0.29, 0.717) is 5.69 Å². The predicted molar refractivity (Wildman–Crippen MR) is 89.3 cm³/mol. The van der Waals surface area contributed by atoms with Crippen LogP contribution in [0.3, 0.4) is 0 Å². The second-order valence-corrected chi connectivity index (χ2v) is 6.44. The van der Waals surface area contributed by atoms with Crippen LogP contribution in [0.25, 0.3) is 0 Å². The number of benzene rings is 1. The van der Waals surface area contributed by atoms with Gasteiger partial charge in [-0.2, -0.15) is 0 Å². The number of hydrogen-bond donors (Lipinski definition) is 1. The molecule has 3 nitrogen and oxygen atoms in total. The number of rotatable bonds is 4. The van der Waals surface area contributed by atoms with Gasteiger partial charge in [-0.25, -0.2) is 0 Å². The highest BCUT2D eigenvalue weighted by Crippen LogP contribution is 2.24. The lowest BCUT2D eigenvalue weighted by Crippen LogP contribution is -2.17. The summed E-state index contributed by atoms with van der Waals surface area (Å²) in [4.78, 5) is 12.4. The maximum atomic E-state index is 12.4. The number of nitrogens with zero attached hydrogens (tertiary/aromatic N) is 1. The van der Waals surface area contributed by atoms with Gasteiger partial charge >= 0.3 is 0 Å². The molecule has 106 valence electrons. The standard InChI is InChI=1S/C15H16Br2N2O/c1-3-6-19-9-11(16)8-14(19)15(20)18-13-7-10(2)4-5-12(13)17/h4-5,7-9H,3,6H2,1-2H3,(H,18,20). The fraction of sp³-hybridized carbons (Fsp3) is 0.267. The van der Waals surface area contributed by atoms with Crippen LogP contribution in [-0.2, 0) is 6.54 Å². The van der Waals surface area contributed by atoms with E-state index in [0.717, 1.165) is 33.2 Å². The largest absolute Gasteiger partial charge is 0.342 e. The number of carbonyl (C=O) groups excluding carboxylic acids is 1. The Morgan fingerprint density at radius 1 is 1.30 bits per heavy atom. The van der Waals surface area contributed by atoms with Crippen LogP contribution in [0.4, 0.5) is 5.69 Å². The lowest BCUT2D eigenvalue weighted by Gasteiger charge is -2.10. The molecule has 20 heavy (non-hydrogen) atoms. The molecule has 0 fully saturated rings. The Bertz CT molecular complexity index is 635. The summed E-state index contributed by atoms with van der Waals surface area (Å²) in [6, 6.07) is 7.72. The van der Waals surface area contributed by atoms with Gasteiger partial charge in [-0.1, -0.05) is 13.0 Å². The number of carbonyl (C=O) groups is 1. The minimum atomic E-state index is -0.101. The van der Waals surface area contributed by atoms with Gasteiger partial charge in [-0.3, -0.25) is 4.79 Å². The number of anilines is 1. The summed E-state index contributed by atoms with van der Waals surface area (Å²) < 4.78 is 3.76. The lowest BCUT2D eigenvalue weighted by molar-refractivity contribution is 0.101. The molecule has 0 aliphatic rings. The van der Waals surface area contributed by atoms with Gasteiger partial charge in [0.1, 0.15) is 5.69 Å². The first-order valence-electron chi connectivity index (χ1n) is 6.44. The third kappa shape index (κ3) is 3.52. The molecule has 1 aromatic carbocycles. The molecule has 0 aliphatic carbocycles. The van der Waals surface area contributed by atoms with Gasteiger partial charge in [0.15, 0.2) is 0 Å². The average Bonchev–Trinajstić information content (AvgIpc) is 2.75. The fourth-order valence-corrected chi connectivity index (χ4v) is 2.82. The molecule has 0 saturated heterocycles. The third-order valence-corrected chi connectivity index (χ3v) is 4.06. The average molecular weight is 400 g/mol. The topological polar surface area (TPSA) is 34.0 Å². The SMILES string of the molecule is CCCn1cc(Br)cc1C(=O)Nc1cc(C)ccc1Br. The Hall–Kier alpha value is -1.07. The molecule has 0 saturated carbocycles. The fourth-order valence-electron chi connectivity index (χ4n) is 2.01. The molecule has 0 aliphatic heterocycles. The summed E-state index contributed by atoms with van der Waals surface area (Å²) >= 11 is 6.88. The van der Waals surface area contributed by atoms with Crippen molar-refractivity contribution in [2.24, 2.45) is 0 Å². The predicted octanol–water partition coefficient (Wildman–Crippen LogP) is 4.98. The van der Waals surface area contributed by atoms with Crippen LogP contribution in [-0.4, -0.2) is 10.5 Å². The van der Waals surface area contributed by atoms with Crippen LogP contribution in [0.15, 0.2) is 39.4 Å². The Kier molecular flexibility index (Phi) is 5.05. The highest BCUT2D eigenvalue weighted by molar-refractivity contribution is 9.10. The summed E-state index contributed by atoms with van der Waals surface area (Å²) in [5, 5.41) is 2.95. The van der Waals surface area contributed by atoms with E-state index >= 15 is 0 Å². The first-order valence-corrected chi connectivity index (χ1v) is 8.03. The number of amides is 1. The molecular weight excluding hydrogens is 384 g/mol. The number of halogens is 2. The van der Waals surface area contributed by atoms with E-state index in [1.54, 1.807) is 0 Å². The van der Waals surface area contributed by atoms with Gasteiger partial charge in [0, 0.05) is 21.7 Å². The van der Waals surface area contributed by atoms with Gasteiger partial charge in [0.2, 0.25) is 0 Å². The molecule has 1 aromatic heterocycles. The Morgan fingerprint density at radius 3 is 2.75 bits per heavy atom. The molecule has 1 amide bonds. The van der Waals surface area contributed by atoms with Crippen molar-refractivity contribution < 1.29 is 4.79 Å². The highest BCUT2D eigenvalue weighted by atomic mass is 79.9. The molecule has 1 N–H and O–H groups in total. The van der Waals surface area contributed by atoms with Crippen molar-refractivity contribution in [1.82, 2.24) is 4.57 Å². The van der Waals surface area contributed by atoms with E-state index in [2.05, 4.69) is 44.1 Å². The van der Waals surface area contributed by atoms with Crippen molar-refractivity contribution in [3.8, 4) is 0 Å². The van der Waals surface area contributed by atoms with Crippen LogP contribution in [0.5, 0.6) is 0 Å². The number of aromatic nitrogens is 1. The quantitative estimate of drug-likeness (QED) is 0.772. The van der Waals surface area contributed by atoms with E-state index in [9.17, 15) is 4.79 Å². The van der Waals surface area contributed by atoms with Crippen molar-refractivity contribution >= 4 is 43.5 Å². The zero-order chi connectivity index (χ0) is 14.7. The van der Waals surface area contributed by atoms with E-state index in [1.807, 2.05) is 42.0 Å². The van der Waals surface area contributed by atoms with Crippen LogP contribution in [0.1, 0.15) is 29.4 Å². The Morgan fingerprint density at radius 2 is 2.05 bits per heavy atom. The van der Waals surface area contributed by atoms with Crippen LogP contribution in [0.2, 0.25) is 0 Å². The molecule has 0 atom stereocenters. The number of hydrogen-bond acceptors (Lipinski definition) is 1. The first-order chi connectivity index (χ1) is 9.51. The van der Waals surface area contributed by atoms with Crippen molar-refractivity contribution in [3.63, 3.8) is 0 Å². The van der Waals surface area contributed by atoms with Gasteiger partial charge in [0.05, 0.1) is 5.69 Å². The smallest absolute Gasteiger partial charge is 0.272 e. The second-order valence-electron chi connectivity index (χ2n) is 4.67. The van der Waals surface area contributed by atoms with Crippen molar-refractivity contribution in [2.45, 2.75) is 26.8 Å². The molecule has 0 spiro atoms. The summed E-state index contributed by atoms with van der Waals surface area (Å²) in [5.41, 5.74) is 2.55. The van der Waals surface area contributed by atoms with Crippen molar-refractivity contribution in [2.75, 3.05) is 5.32 Å². The second kappa shape index (κ2) is 6.59. The summed E-state index contributed by atoms with van der Waals surface area (Å²) in [7, 11) is 0. The van der Waals surface area contributed by atoms with Gasteiger partial charge in [-0.15, -0.1) is 0 Å². The highest BCUT2D eigenvalue weighted by Gasteiger charge is 2.14. The zero-order valence-corrected chi connectivity index (χ0v) is 14.6. The number of aryl methyl sites for hydroxylation is 2. The summed E-state index contributed by atoms with van der Waals surface area (Å²) in [5.74, 6) is -0.101. The summed E-state index contributed by atoms with van der Waals surface area (Å²) in [6.45, 7) is 4.91. The minimum Gasteiger partial charge on any atom is -0.342 e. The van der Waals surface area contributed by atoms with E-state index < -0.39 is 0 Å². The van der Waals surface area contributed by atoms with E-state index in [-0.39, 0.29) is 5.91 Å². The molecule has 0 bridgehead atoms. The Balaban J connectivity index is 2.26. The van der Waals surface area contributed by atoms with Crippen molar-refractivity contribution in [1.29, 1.82) is 0 Å². The maximum absolute atomic E-state index is 12.4. The van der Waals surface area contributed by atoms with Gasteiger partial charge in [-0.05, 0) is 69.0 Å². The summed E-state index contributed by atoms with van der Waals surface area (Å²) in [6.07, 6.45) is 2.92. The van der Waals surface area contributed by atoms with E-state index in [1.165, 1.54) is 0 Å². The maximum Gasteiger partial charge on any atom is 0.272 e. The van der Waals surface area contributed by atoms with Crippen LogP contribution in [0, 0.1) is 6.92 Å². The third-order valence-electron chi connectivity index (χ3n) is 2.93. The van der Waals surface area contributed by atoms with Crippen LogP contribution < -0.4 is 5.32 Å². The zero-order valence-electron chi connectivity index (χ0n) is 11.4. The number of nitrogens with one attached hydrogen (secondary N) is 1. The van der Waals surface area contributed by atoms with Crippen LogP contribution >= 0.6 is 31.9 Å². The molecule has 0 unspecified atom stereocenters. The van der Waals surface area contributed by atoms with Crippen molar-refractivity contribution in [3.05, 3.63) is 50.7 Å². The normalized spacial score (nSPS) is 10.6. The monoisotopic (exact) mass is 398 g/mol. The molecular formula is C15H16Br2N2O. The van der Waals surface area contributed by atoms with Gasteiger partial charge < -0.3 is 9.88 Å². The first kappa shape index (κ1) is 15.3. The van der Waals surface area contributed by atoms with Gasteiger partial charge in [0.25, 0.3) is 5.91 Å². The molecule has 1 heterocycles. The Labute approximate surface area is 135 Å². The molecule has 2 rings (SSSR count).